The lowest BCUT2D eigenvalue weighted by Gasteiger charge is -2.14. The van der Waals surface area contributed by atoms with Crippen molar-refractivity contribution in [2.45, 2.75) is 51.4 Å². The quantitative estimate of drug-likeness (QED) is 0.0943. The summed E-state index contributed by atoms with van der Waals surface area (Å²) in [7, 11) is 0. The maximum Gasteiger partial charge on any atom is 0.335 e. The predicted octanol–water partition coefficient (Wildman–Crippen LogP) is 5.71. The fraction of sp³-hybridized carbons (Fsp3) is 0.312. The van der Waals surface area contributed by atoms with Crippen LogP contribution in [0.5, 0.6) is 0 Å². The van der Waals surface area contributed by atoms with E-state index in [2.05, 4.69) is 10.6 Å². The zero-order valence-electron chi connectivity index (χ0n) is 25.6. The third-order valence-corrected chi connectivity index (χ3v) is 10.3. The van der Waals surface area contributed by atoms with E-state index < -0.39 is 11.9 Å². The van der Waals surface area contributed by atoms with E-state index in [1.165, 1.54) is 58.3 Å². The molecule has 16 heteroatoms. The lowest BCUT2D eigenvalue weighted by Crippen LogP contribution is -2.31. The summed E-state index contributed by atoms with van der Waals surface area (Å²) >= 11 is 13.0. The van der Waals surface area contributed by atoms with Gasteiger partial charge in [-0.1, -0.05) is 60.8 Å². The van der Waals surface area contributed by atoms with Crippen LogP contribution in [0.15, 0.2) is 58.3 Å². The van der Waals surface area contributed by atoms with Crippen LogP contribution in [0.4, 0.5) is 11.4 Å². The summed E-state index contributed by atoms with van der Waals surface area (Å²) < 4.78 is 0.720. The molecule has 0 unspecified atom stereocenters. The highest BCUT2D eigenvalue weighted by molar-refractivity contribution is 8.29. The molecule has 0 aliphatic carbocycles. The number of nitrogens with zero attached hydrogens (tertiary/aromatic N) is 2. The van der Waals surface area contributed by atoms with Gasteiger partial charge in [0.1, 0.15) is 8.64 Å². The first-order chi connectivity index (χ1) is 22.9. The Morgan fingerprint density at radius 2 is 0.938 bits per heavy atom. The Morgan fingerprint density at radius 3 is 1.27 bits per heavy atom. The van der Waals surface area contributed by atoms with Crippen LogP contribution in [-0.2, 0) is 19.2 Å². The van der Waals surface area contributed by atoms with Crippen LogP contribution < -0.4 is 10.6 Å². The number of anilines is 2. The minimum absolute atomic E-state index is 0.133. The van der Waals surface area contributed by atoms with Crippen LogP contribution in [-0.4, -0.2) is 77.3 Å². The lowest BCUT2D eigenvalue weighted by atomic mass is 10.1. The molecule has 0 radical (unpaired) electrons. The second kappa shape index (κ2) is 17.3. The van der Waals surface area contributed by atoms with Gasteiger partial charge in [-0.2, -0.15) is 0 Å². The minimum Gasteiger partial charge on any atom is -0.478 e. The van der Waals surface area contributed by atoms with Gasteiger partial charge < -0.3 is 20.8 Å². The van der Waals surface area contributed by atoms with Crippen LogP contribution in [0.2, 0.25) is 0 Å². The number of thioether (sulfide) groups is 2. The molecule has 12 nitrogen and oxygen atoms in total. The molecule has 2 heterocycles. The van der Waals surface area contributed by atoms with Crippen molar-refractivity contribution < 1.29 is 39.0 Å². The van der Waals surface area contributed by atoms with Crippen molar-refractivity contribution in [1.29, 1.82) is 0 Å². The largest absolute Gasteiger partial charge is 0.478 e. The molecule has 0 bridgehead atoms. The average molecular weight is 729 g/mol. The van der Waals surface area contributed by atoms with Gasteiger partial charge in [-0.05, 0) is 74.2 Å². The zero-order chi connectivity index (χ0) is 34.8. The first kappa shape index (κ1) is 36.7. The van der Waals surface area contributed by atoms with Gasteiger partial charge in [0.2, 0.25) is 11.8 Å². The maximum absolute atomic E-state index is 13.2. The number of hydrogen-bond donors (Lipinski definition) is 4. The van der Waals surface area contributed by atoms with E-state index >= 15 is 0 Å². The Balaban J connectivity index is 1.16. The van der Waals surface area contributed by atoms with Crippen LogP contribution in [0, 0.1) is 0 Å². The molecule has 0 aromatic heterocycles. The number of carbonyl (C=O) groups is 6. The molecule has 0 atom stereocenters. The van der Waals surface area contributed by atoms with Crippen LogP contribution >= 0.6 is 48.0 Å². The van der Waals surface area contributed by atoms with E-state index in [1.807, 2.05) is 0 Å². The van der Waals surface area contributed by atoms with Crippen LogP contribution in [0.3, 0.4) is 0 Å². The number of carboxylic acids is 2. The highest BCUT2D eigenvalue weighted by Crippen LogP contribution is 2.42. The van der Waals surface area contributed by atoms with Crippen molar-refractivity contribution in [3.63, 3.8) is 0 Å². The number of amides is 4. The van der Waals surface area contributed by atoms with E-state index in [1.54, 1.807) is 0 Å². The fourth-order valence-corrected chi connectivity index (χ4v) is 7.53. The molecule has 2 saturated heterocycles. The summed E-state index contributed by atoms with van der Waals surface area (Å²) in [5.41, 5.74) is 1.29. The third-order valence-electron chi connectivity index (χ3n) is 7.31. The van der Waals surface area contributed by atoms with Gasteiger partial charge in [-0.15, -0.1) is 0 Å². The number of carboxylic acid groups (broad SMARTS) is 2. The Kier molecular flexibility index (Phi) is 13.3. The molecule has 252 valence electrons. The molecule has 2 aromatic carbocycles. The zero-order valence-corrected chi connectivity index (χ0v) is 28.8. The van der Waals surface area contributed by atoms with E-state index in [4.69, 9.17) is 34.6 Å². The number of benzene rings is 2. The summed E-state index contributed by atoms with van der Waals surface area (Å²) in [6.45, 7) is 0.710. The molecule has 4 N–H and O–H groups in total. The highest BCUT2D eigenvalue weighted by atomic mass is 32.2. The number of carbonyl (C=O) groups excluding carboxylic acids is 4. The van der Waals surface area contributed by atoms with Crippen LogP contribution in [0.1, 0.15) is 72.1 Å². The summed E-state index contributed by atoms with van der Waals surface area (Å²) in [5.74, 6) is -3.15. The number of thiocarbonyl (C=S) groups is 2. The number of unbranched alkanes of at least 4 members (excludes halogenated alkanes) is 4. The SMILES string of the molecule is O=C(CCCCCN1C(=O)C(=C2SC(=S)N(CCCCCC(=O)Nc3ccc(C(=O)O)cc3)C2=O)SC1=S)Nc1ccc(C(=O)O)cc1. The maximum atomic E-state index is 13.2. The Labute approximate surface area is 295 Å². The van der Waals surface area contributed by atoms with Gasteiger partial charge in [-0.25, -0.2) is 9.59 Å². The fourth-order valence-electron chi connectivity index (χ4n) is 4.76. The normalized spacial score (nSPS) is 16.1. The minimum atomic E-state index is -1.04. The predicted molar refractivity (Wildman–Crippen MR) is 192 cm³/mol. The van der Waals surface area contributed by atoms with Crippen molar-refractivity contribution in [1.82, 2.24) is 9.80 Å². The van der Waals surface area contributed by atoms with Gasteiger partial charge in [0.05, 0.1) is 20.9 Å². The van der Waals surface area contributed by atoms with Gasteiger partial charge >= 0.3 is 11.9 Å². The molecular weight excluding hydrogens is 697 g/mol. The van der Waals surface area contributed by atoms with Crippen molar-refractivity contribution in [3.05, 3.63) is 69.5 Å². The molecule has 2 aromatic rings. The topological polar surface area (TPSA) is 173 Å². The Morgan fingerprint density at radius 1 is 0.583 bits per heavy atom. The monoisotopic (exact) mass is 728 g/mol. The van der Waals surface area contributed by atoms with Gasteiger partial charge in [-0.3, -0.25) is 29.0 Å². The van der Waals surface area contributed by atoms with Gasteiger partial charge in [0.15, 0.2) is 0 Å². The van der Waals surface area contributed by atoms with E-state index in [9.17, 15) is 28.8 Å². The smallest absolute Gasteiger partial charge is 0.335 e. The summed E-state index contributed by atoms with van der Waals surface area (Å²) in [5, 5.41) is 23.4. The van der Waals surface area contributed by atoms with Gasteiger partial charge in [0.25, 0.3) is 11.8 Å². The van der Waals surface area contributed by atoms with E-state index in [0.29, 0.717) is 71.6 Å². The molecule has 2 fully saturated rings. The molecule has 0 saturated carbocycles. The summed E-state index contributed by atoms with van der Waals surface area (Å²) in [4.78, 5) is 76.3. The second-order valence-electron chi connectivity index (χ2n) is 10.8. The molecular formula is C32H32N4O8S4. The van der Waals surface area contributed by atoms with Crippen molar-refractivity contribution in [3.8, 4) is 0 Å². The first-order valence-electron chi connectivity index (χ1n) is 15.0. The second-order valence-corrected chi connectivity index (χ2v) is 14.1. The molecule has 0 spiro atoms. The molecule has 4 amide bonds. The standard InChI is InChI=1S/C32H32N4O8S4/c37-23(33-21-13-9-19(10-14-21)29(41)42)7-3-1-5-17-35-27(39)25(47-31(35)45)26-28(40)36(32(46)48-26)18-6-2-4-8-24(38)34-22-15-11-20(12-16-22)30(43)44/h9-16H,1-8,17-18H2,(H,33,37)(H,34,38)(H,41,42)(H,43,44). The van der Waals surface area contributed by atoms with Crippen molar-refractivity contribution in [2.75, 3.05) is 23.7 Å². The lowest BCUT2D eigenvalue weighted by molar-refractivity contribution is -0.124. The molecule has 4 rings (SSSR count). The number of nitrogens with one attached hydrogen (secondary N) is 2. The first-order valence-corrected chi connectivity index (χ1v) is 17.5. The molecule has 48 heavy (non-hydrogen) atoms. The van der Waals surface area contributed by atoms with E-state index in [-0.39, 0.29) is 57.4 Å². The summed E-state index contributed by atoms with van der Waals surface area (Å²) in [6.07, 6.45) is 4.24. The Hall–Kier alpha value is -4.12. The van der Waals surface area contributed by atoms with Crippen molar-refractivity contribution in [2.24, 2.45) is 0 Å². The number of rotatable bonds is 16. The van der Waals surface area contributed by atoms with Crippen molar-refractivity contribution >= 4 is 104 Å². The average Bonchev–Trinajstić information content (AvgIpc) is 3.49. The Bertz CT molecular complexity index is 1540. The van der Waals surface area contributed by atoms with Crippen LogP contribution in [0.25, 0.3) is 0 Å². The van der Waals surface area contributed by atoms with E-state index in [0.717, 1.165) is 23.5 Å². The molecule has 2 aliphatic heterocycles. The van der Waals surface area contributed by atoms with Gasteiger partial charge in [0, 0.05) is 37.3 Å². The number of hydrogen-bond acceptors (Lipinski definition) is 10. The molecule has 2 aliphatic rings. The third kappa shape index (κ3) is 9.95. The summed E-state index contributed by atoms with van der Waals surface area (Å²) in [6, 6.07) is 11.8. The number of aromatic carboxylic acids is 2. The highest BCUT2D eigenvalue weighted by Gasteiger charge is 2.41.